The minimum absolute atomic E-state index is 0.0714. The lowest BCUT2D eigenvalue weighted by atomic mass is 10.1. The lowest BCUT2D eigenvalue weighted by Gasteiger charge is -2.19. The molecule has 5 nitrogen and oxygen atoms in total. The van der Waals surface area contributed by atoms with Gasteiger partial charge in [0.2, 0.25) is 5.91 Å². The molecule has 21 heavy (non-hydrogen) atoms. The molecule has 0 N–H and O–H groups in total. The summed E-state index contributed by atoms with van der Waals surface area (Å²) in [6.07, 6.45) is 1.89. The second-order valence-corrected chi connectivity index (χ2v) is 5.75. The van der Waals surface area contributed by atoms with Crippen LogP contribution in [0.25, 0.3) is 10.9 Å². The first-order valence-electron chi connectivity index (χ1n) is 6.53. The Bertz CT molecular complexity index is 732. The average Bonchev–Trinajstić information content (AvgIpc) is 2.89. The molecule has 1 unspecified atom stereocenters. The number of rotatable bonds is 2. The molecule has 1 aliphatic rings. The number of pyridine rings is 1. The number of carbonyl (C=O) groups is 2. The number of esters is 1. The minimum Gasteiger partial charge on any atom is -0.469 e. The molecule has 3 rings (SSSR count). The van der Waals surface area contributed by atoms with Crippen LogP contribution in [-0.2, 0) is 14.3 Å². The molecule has 0 saturated carbocycles. The number of carbonyl (C=O) groups excluding carboxylic acids is 2. The van der Waals surface area contributed by atoms with Crippen molar-refractivity contribution >= 4 is 44.4 Å². The molecule has 0 bridgehead atoms. The standard InChI is InChI=1S/C15H13BrN2O3/c1-21-15(20)9-7-13(19)18(8-9)12-5-4-11(16)14-10(12)3-2-6-17-14/h2-6,9H,7-8H2,1H3. The van der Waals surface area contributed by atoms with Crippen molar-refractivity contribution in [3.63, 3.8) is 0 Å². The van der Waals surface area contributed by atoms with E-state index in [0.717, 1.165) is 21.1 Å². The largest absolute Gasteiger partial charge is 0.469 e. The van der Waals surface area contributed by atoms with Gasteiger partial charge in [-0.25, -0.2) is 0 Å². The maximum atomic E-state index is 12.2. The predicted octanol–water partition coefficient (Wildman–Crippen LogP) is 2.52. The zero-order chi connectivity index (χ0) is 15.0. The van der Waals surface area contributed by atoms with Gasteiger partial charge in [0.15, 0.2) is 0 Å². The molecule has 108 valence electrons. The van der Waals surface area contributed by atoms with Crippen molar-refractivity contribution in [3.05, 3.63) is 34.9 Å². The molecule has 0 spiro atoms. The van der Waals surface area contributed by atoms with Crippen LogP contribution in [0.1, 0.15) is 6.42 Å². The van der Waals surface area contributed by atoms with Crippen LogP contribution in [0.2, 0.25) is 0 Å². The number of benzene rings is 1. The Hall–Kier alpha value is -1.95. The Morgan fingerprint density at radius 1 is 1.43 bits per heavy atom. The molecule has 2 aromatic rings. The van der Waals surface area contributed by atoms with Crippen molar-refractivity contribution in [1.82, 2.24) is 4.98 Å². The second kappa shape index (κ2) is 5.44. The molecule has 1 amide bonds. The summed E-state index contributed by atoms with van der Waals surface area (Å²) in [5.74, 6) is -0.818. The van der Waals surface area contributed by atoms with Crippen LogP contribution in [0.3, 0.4) is 0 Å². The molecule has 1 aliphatic heterocycles. The predicted molar refractivity (Wildman–Crippen MR) is 81.9 cm³/mol. The average molecular weight is 349 g/mol. The number of anilines is 1. The van der Waals surface area contributed by atoms with Gasteiger partial charge in [0.05, 0.1) is 24.2 Å². The van der Waals surface area contributed by atoms with Crippen LogP contribution in [-0.4, -0.2) is 30.5 Å². The lowest BCUT2D eigenvalue weighted by Crippen LogP contribution is -2.26. The minimum atomic E-state index is -0.405. The van der Waals surface area contributed by atoms with Gasteiger partial charge in [-0.3, -0.25) is 14.6 Å². The van der Waals surface area contributed by atoms with E-state index in [-0.39, 0.29) is 18.3 Å². The summed E-state index contributed by atoms with van der Waals surface area (Å²) in [5, 5.41) is 0.880. The van der Waals surface area contributed by atoms with Crippen LogP contribution < -0.4 is 4.90 Å². The fraction of sp³-hybridized carbons (Fsp3) is 0.267. The Balaban J connectivity index is 2.04. The van der Waals surface area contributed by atoms with Crippen molar-refractivity contribution in [3.8, 4) is 0 Å². The first-order valence-corrected chi connectivity index (χ1v) is 7.32. The summed E-state index contributed by atoms with van der Waals surface area (Å²) < 4.78 is 5.61. The molecule has 0 aliphatic carbocycles. The molecule has 0 radical (unpaired) electrons. The fourth-order valence-electron chi connectivity index (χ4n) is 2.62. The van der Waals surface area contributed by atoms with Gasteiger partial charge in [0.25, 0.3) is 0 Å². The third-order valence-electron chi connectivity index (χ3n) is 3.65. The van der Waals surface area contributed by atoms with Crippen molar-refractivity contribution < 1.29 is 14.3 Å². The summed E-state index contributed by atoms with van der Waals surface area (Å²) in [6, 6.07) is 7.48. The van der Waals surface area contributed by atoms with E-state index in [9.17, 15) is 9.59 Å². The summed E-state index contributed by atoms with van der Waals surface area (Å²) >= 11 is 3.46. The highest BCUT2D eigenvalue weighted by Gasteiger charge is 2.36. The topological polar surface area (TPSA) is 59.5 Å². The Kier molecular flexibility index (Phi) is 3.63. The molecular formula is C15H13BrN2O3. The molecule has 1 aromatic heterocycles. The molecule has 6 heteroatoms. The first kappa shape index (κ1) is 14.0. The van der Waals surface area contributed by atoms with E-state index in [1.54, 1.807) is 11.1 Å². The maximum absolute atomic E-state index is 12.2. The number of fused-ring (bicyclic) bond motifs is 1. The SMILES string of the molecule is COC(=O)C1CC(=O)N(c2ccc(Br)c3ncccc23)C1. The number of aromatic nitrogens is 1. The molecular weight excluding hydrogens is 336 g/mol. The summed E-state index contributed by atoms with van der Waals surface area (Å²) in [4.78, 5) is 29.8. The number of hydrogen-bond donors (Lipinski definition) is 0. The Labute approximate surface area is 130 Å². The van der Waals surface area contributed by atoms with Crippen molar-refractivity contribution in [2.75, 3.05) is 18.6 Å². The molecule has 1 saturated heterocycles. The van der Waals surface area contributed by atoms with Crippen LogP contribution in [0.5, 0.6) is 0 Å². The van der Waals surface area contributed by atoms with E-state index in [2.05, 4.69) is 20.9 Å². The van der Waals surface area contributed by atoms with Gasteiger partial charge < -0.3 is 9.64 Å². The lowest BCUT2D eigenvalue weighted by molar-refractivity contribution is -0.145. The number of halogens is 1. The quantitative estimate of drug-likeness (QED) is 0.782. The van der Waals surface area contributed by atoms with Gasteiger partial charge in [0, 0.05) is 29.0 Å². The van der Waals surface area contributed by atoms with Gasteiger partial charge in [-0.05, 0) is 40.2 Å². The highest BCUT2D eigenvalue weighted by Crippen LogP contribution is 2.34. The van der Waals surface area contributed by atoms with E-state index < -0.39 is 5.92 Å². The number of nitrogens with zero attached hydrogens (tertiary/aromatic N) is 2. The Morgan fingerprint density at radius 3 is 3.00 bits per heavy atom. The maximum Gasteiger partial charge on any atom is 0.311 e. The highest BCUT2D eigenvalue weighted by molar-refractivity contribution is 9.10. The van der Waals surface area contributed by atoms with Gasteiger partial charge in [-0.15, -0.1) is 0 Å². The Morgan fingerprint density at radius 2 is 2.24 bits per heavy atom. The van der Waals surface area contributed by atoms with Crippen LogP contribution >= 0.6 is 15.9 Å². The smallest absolute Gasteiger partial charge is 0.311 e. The van der Waals surface area contributed by atoms with E-state index >= 15 is 0 Å². The normalized spacial score (nSPS) is 18.3. The van der Waals surface area contributed by atoms with Gasteiger partial charge >= 0.3 is 5.97 Å². The van der Waals surface area contributed by atoms with Crippen molar-refractivity contribution in [1.29, 1.82) is 0 Å². The number of hydrogen-bond acceptors (Lipinski definition) is 4. The van der Waals surface area contributed by atoms with E-state index in [0.29, 0.717) is 6.54 Å². The zero-order valence-electron chi connectivity index (χ0n) is 11.4. The monoisotopic (exact) mass is 348 g/mol. The van der Waals surface area contributed by atoms with E-state index in [1.807, 2.05) is 24.3 Å². The third kappa shape index (κ3) is 2.40. The van der Waals surface area contributed by atoms with Crippen LogP contribution in [0, 0.1) is 5.92 Å². The number of methoxy groups -OCH3 is 1. The van der Waals surface area contributed by atoms with Crippen molar-refractivity contribution in [2.45, 2.75) is 6.42 Å². The van der Waals surface area contributed by atoms with E-state index in [1.165, 1.54) is 7.11 Å². The zero-order valence-corrected chi connectivity index (χ0v) is 13.0. The summed E-state index contributed by atoms with van der Waals surface area (Å²) in [6.45, 7) is 0.344. The van der Waals surface area contributed by atoms with Gasteiger partial charge in [0.1, 0.15) is 0 Å². The van der Waals surface area contributed by atoms with E-state index in [4.69, 9.17) is 4.74 Å². The van der Waals surface area contributed by atoms with Gasteiger partial charge in [-0.1, -0.05) is 0 Å². The number of ether oxygens (including phenoxy) is 1. The van der Waals surface area contributed by atoms with Gasteiger partial charge in [-0.2, -0.15) is 0 Å². The highest BCUT2D eigenvalue weighted by atomic mass is 79.9. The molecule has 2 heterocycles. The summed E-state index contributed by atoms with van der Waals surface area (Å²) in [7, 11) is 1.34. The number of amides is 1. The fourth-order valence-corrected chi connectivity index (χ4v) is 3.07. The van der Waals surface area contributed by atoms with Crippen LogP contribution in [0.4, 0.5) is 5.69 Å². The molecule has 1 atom stereocenters. The molecule has 1 aromatic carbocycles. The third-order valence-corrected chi connectivity index (χ3v) is 4.29. The molecule has 1 fully saturated rings. The summed E-state index contributed by atoms with van der Waals surface area (Å²) in [5.41, 5.74) is 1.57. The van der Waals surface area contributed by atoms with Crippen LogP contribution in [0.15, 0.2) is 34.9 Å². The first-order chi connectivity index (χ1) is 10.1. The van der Waals surface area contributed by atoms with Crippen molar-refractivity contribution in [2.24, 2.45) is 5.92 Å². The second-order valence-electron chi connectivity index (χ2n) is 4.89.